The first-order chi connectivity index (χ1) is 11.4. The quantitative estimate of drug-likeness (QED) is 0.787. The number of aromatic nitrogens is 2. The summed E-state index contributed by atoms with van der Waals surface area (Å²) < 4.78 is 1.45. The van der Waals surface area contributed by atoms with Crippen molar-refractivity contribution in [2.24, 2.45) is 0 Å². The van der Waals surface area contributed by atoms with Gasteiger partial charge in [0, 0.05) is 17.5 Å². The molecule has 0 saturated carbocycles. The number of benzene rings is 1. The van der Waals surface area contributed by atoms with Gasteiger partial charge in [-0.15, -0.1) is 11.3 Å². The fourth-order valence-corrected chi connectivity index (χ4v) is 3.88. The lowest BCUT2D eigenvalue weighted by molar-refractivity contribution is -0.137. The highest BCUT2D eigenvalue weighted by Crippen LogP contribution is 2.33. The molecule has 0 fully saturated rings. The summed E-state index contributed by atoms with van der Waals surface area (Å²) in [4.78, 5) is 29.0. The molecule has 3 rings (SSSR count). The molecule has 0 aliphatic heterocycles. The van der Waals surface area contributed by atoms with E-state index >= 15 is 0 Å². The monoisotopic (exact) mass is 342 g/mol. The molecule has 5 nitrogen and oxygen atoms in total. The molecule has 0 saturated heterocycles. The number of hydrogen-bond donors (Lipinski definition) is 1. The Morgan fingerprint density at radius 2 is 2.00 bits per heavy atom. The highest BCUT2D eigenvalue weighted by atomic mass is 32.1. The Hall–Kier alpha value is -2.47. The van der Waals surface area contributed by atoms with E-state index in [1.54, 1.807) is 6.92 Å². The van der Waals surface area contributed by atoms with Crippen molar-refractivity contribution in [3.63, 3.8) is 0 Å². The Morgan fingerprint density at radius 3 is 2.67 bits per heavy atom. The number of nitrogens with zero attached hydrogens (tertiary/aromatic N) is 2. The average molecular weight is 342 g/mol. The molecule has 6 heteroatoms. The van der Waals surface area contributed by atoms with Crippen LogP contribution in [0.3, 0.4) is 0 Å². The third-order valence-corrected chi connectivity index (χ3v) is 4.98. The van der Waals surface area contributed by atoms with Gasteiger partial charge in [0.05, 0.1) is 11.8 Å². The number of fused-ring (bicyclic) bond motifs is 1. The minimum atomic E-state index is -0.929. The van der Waals surface area contributed by atoms with Crippen LogP contribution in [0.15, 0.2) is 28.4 Å². The van der Waals surface area contributed by atoms with Crippen LogP contribution < -0.4 is 5.56 Å². The molecule has 0 aliphatic rings. The summed E-state index contributed by atoms with van der Waals surface area (Å²) in [7, 11) is 0. The molecule has 24 heavy (non-hydrogen) atoms. The number of thiophene rings is 1. The van der Waals surface area contributed by atoms with Crippen molar-refractivity contribution in [3.05, 3.63) is 50.9 Å². The molecule has 0 amide bonds. The molecular weight excluding hydrogens is 324 g/mol. The molecule has 2 heterocycles. The third kappa shape index (κ3) is 2.85. The Balaban J connectivity index is 2.22. The van der Waals surface area contributed by atoms with Crippen molar-refractivity contribution in [2.75, 3.05) is 0 Å². The molecule has 3 aromatic rings. The van der Waals surface area contributed by atoms with Crippen molar-refractivity contribution in [1.29, 1.82) is 0 Å². The second kappa shape index (κ2) is 6.20. The van der Waals surface area contributed by atoms with Gasteiger partial charge in [-0.05, 0) is 31.9 Å². The van der Waals surface area contributed by atoms with E-state index in [9.17, 15) is 9.59 Å². The van der Waals surface area contributed by atoms with Crippen molar-refractivity contribution >= 4 is 27.5 Å². The van der Waals surface area contributed by atoms with E-state index in [2.05, 4.69) is 11.1 Å². The van der Waals surface area contributed by atoms with Crippen LogP contribution in [0.5, 0.6) is 0 Å². The zero-order valence-electron chi connectivity index (χ0n) is 13.8. The normalized spacial score (nSPS) is 11.1. The predicted molar refractivity (Wildman–Crippen MR) is 95.8 cm³/mol. The zero-order chi connectivity index (χ0) is 17.4. The first-order valence-corrected chi connectivity index (χ1v) is 8.54. The molecule has 0 bridgehead atoms. The Morgan fingerprint density at radius 1 is 1.25 bits per heavy atom. The number of hydrogen-bond acceptors (Lipinski definition) is 4. The fraction of sp³-hybridized carbons (Fsp3) is 0.278. The van der Waals surface area contributed by atoms with E-state index in [4.69, 9.17) is 5.11 Å². The van der Waals surface area contributed by atoms with Crippen LogP contribution >= 0.6 is 11.3 Å². The summed E-state index contributed by atoms with van der Waals surface area (Å²) in [6.45, 7) is 5.92. The summed E-state index contributed by atoms with van der Waals surface area (Å²) in [6.07, 6.45) is -0.100. The van der Waals surface area contributed by atoms with Crippen LogP contribution in [0.4, 0.5) is 0 Å². The van der Waals surface area contributed by atoms with E-state index < -0.39 is 5.97 Å². The topological polar surface area (TPSA) is 72.2 Å². The van der Waals surface area contributed by atoms with Gasteiger partial charge in [-0.3, -0.25) is 14.2 Å². The van der Waals surface area contributed by atoms with Gasteiger partial charge in [0.15, 0.2) is 0 Å². The molecule has 0 atom stereocenters. The van der Waals surface area contributed by atoms with Gasteiger partial charge in [-0.2, -0.15) is 0 Å². The minimum Gasteiger partial charge on any atom is -0.481 e. The van der Waals surface area contributed by atoms with Gasteiger partial charge < -0.3 is 5.11 Å². The Kier molecular flexibility index (Phi) is 4.24. The maximum atomic E-state index is 12.9. The third-order valence-electron chi connectivity index (χ3n) is 4.11. The molecule has 1 N–H and O–H groups in total. The molecule has 0 spiro atoms. The number of carboxylic acid groups (broad SMARTS) is 1. The van der Waals surface area contributed by atoms with Gasteiger partial charge in [-0.25, -0.2) is 4.98 Å². The summed E-state index contributed by atoms with van der Waals surface area (Å²) >= 11 is 1.44. The lowest BCUT2D eigenvalue weighted by Crippen LogP contribution is -2.24. The van der Waals surface area contributed by atoms with E-state index in [0.29, 0.717) is 16.0 Å². The first-order valence-electron chi connectivity index (χ1n) is 7.66. The maximum absolute atomic E-state index is 12.9. The van der Waals surface area contributed by atoms with Gasteiger partial charge in [0.1, 0.15) is 10.7 Å². The summed E-state index contributed by atoms with van der Waals surface area (Å²) in [5.74, 6) is -0.385. The SMILES string of the molecule is Cc1ccc(-c2csc3nc(C)n(CCC(=O)O)c(=O)c23)c(C)c1. The Labute approximate surface area is 143 Å². The van der Waals surface area contributed by atoms with Crippen molar-refractivity contribution < 1.29 is 9.90 Å². The molecule has 124 valence electrons. The second-order valence-electron chi connectivity index (χ2n) is 5.91. The lowest BCUT2D eigenvalue weighted by Gasteiger charge is -2.10. The van der Waals surface area contributed by atoms with Crippen LogP contribution in [0.2, 0.25) is 0 Å². The Bertz CT molecular complexity index is 1000. The molecule has 2 aromatic heterocycles. The summed E-state index contributed by atoms with van der Waals surface area (Å²) in [5, 5.41) is 11.4. The van der Waals surface area contributed by atoms with Gasteiger partial charge in [0.25, 0.3) is 5.56 Å². The molecule has 0 aliphatic carbocycles. The minimum absolute atomic E-state index is 0.100. The number of carboxylic acids is 1. The molecule has 0 radical (unpaired) electrons. The lowest BCUT2D eigenvalue weighted by atomic mass is 9.99. The highest BCUT2D eigenvalue weighted by Gasteiger charge is 2.17. The molecule has 1 aromatic carbocycles. The van der Waals surface area contributed by atoms with Crippen molar-refractivity contribution in [3.8, 4) is 11.1 Å². The van der Waals surface area contributed by atoms with Crippen LogP contribution in [-0.2, 0) is 11.3 Å². The van der Waals surface area contributed by atoms with Gasteiger partial charge >= 0.3 is 5.97 Å². The van der Waals surface area contributed by atoms with Crippen LogP contribution in [-0.4, -0.2) is 20.6 Å². The summed E-state index contributed by atoms with van der Waals surface area (Å²) in [6, 6.07) is 6.13. The highest BCUT2D eigenvalue weighted by molar-refractivity contribution is 7.17. The number of carbonyl (C=O) groups is 1. The zero-order valence-corrected chi connectivity index (χ0v) is 14.6. The fourth-order valence-electron chi connectivity index (χ4n) is 2.91. The predicted octanol–water partition coefficient (Wildman–Crippen LogP) is 3.52. The average Bonchev–Trinajstić information content (AvgIpc) is 2.90. The van der Waals surface area contributed by atoms with Gasteiger partial charge in [0.2, 0.25) is 0 Å². The summed E-state index contributed by atoms with van der Waals surface area (Å²) in [5.41, 5.74) is 3.99. The van der Waals surface area contributed by atoms with E-state index in [-0.39, 0.29) is 18.5 Å². The second-order valence-corrected chi connectivity index (χ2v) is 6.77. The number of rotatable bonds is 4. The van der Waals surface area contributed by atoms with Crippen molar-refractivity contribution in [1.82, 2.24) is 9.55 Å². The van der Waals surface area contributed by atoms with Gasteiger partial charge in [-0.1, -0.05) is 23.8 Å². The smallest absolute Gasteiger partial charge is 0.305 e. The number of aliphatic carboxylic acids is 1. The molecule has 0 unspecified atom stereocenters. The first kappa shape index (κ1) is 16.4. The van der Waals surface area contributed by atoms with Crippen LogP contribution in [0.1, 0.15) is 23.4 Å². The molecular formula is C18H18N2O3S. The largest absolute Gasteiger partial charge is 0.481 e. The van der Waals surface area contributed by atoms with E-state index in [0.717, 1.165) is 16.7 Å². The van der Waals surface area contributed by atoms with E-state index in [1.807, 2.05) is 31.4 Å². The standard InChI is InChI=1S/C18H18N2O3S/c1-10-4-5-13(11(2)8-10)14-9-24-17-16(14)18(23)20(12(3)19-17)7-6-15(21)22/h4-5,8-9H,6-7H2,1-3H3,(H,21,22). The number of aryl methyl sites for hydroxylation is 3. The van der Waals surface area contributed by atoms with E-state index in [1.165, 1.54) is 21.5 Å². The van der Waals surface area contributed by atoms with Crippen LogP contribution in [0, 0.1) is 20.8 Å². The van der Waals surface area contributed by atoms with Crippen LogP contribution in [0.25, 0.3) is 21.3 Å². The van der Waals surface area contributed by atoms with Crippen molar-refractivity contribution in [2.45, 2.75) is 33.7 Å². The maximum Gasteiger partial charge on any atom is 0.305 e.